The fourth-order valence-electron chi connectivity index (χ4n) is 1.39. The Kier molecular flexibility index (Phi) is 2.49. The van der Waals surface area contributed by atoms with Crippen LogP contribution in [0.1, 0.15) is 31.3 Å². The maximum absolute atomic E-state index is 11.7. The normalized spacial score (nSPS) is 11.7. The number of fused-ring (bicyclic) bond motifs is 1. The summed E-state index contributed by atoms with van der Waals surface area (Å²) >= 11 is 0. The topological polar surface area (TPSA) is 87.8 Å². The molecule has 6 heteroatoms. The summed E-state index contributed by atoms with van der Waals surface area (Å²) in [5.74, 6) is -0.505. The number of H-pyrrole nitrogens is 2. The number of carbonyl (C=O) groups excluding carboxylic acids is 1. The molecule has 0 atom stereocenters. The van der Waals surface area contributed by atoms with Crippen molar-refractivity contribution >= 4 is 17.0 Å². The van der Waals surface area contributed by atoms with Gasteiger partial charge in [0, 0.05) is 0 Å². The molecule has 0 bridgehead atoms. The third kappa shape index (κ3) is 2.35. The van der Waals surface area contributed by atoms with Gasteiger partial charge in [0.05, 0.1) is 11.8 Å². The second kappa shape index (κ2) is 3.73. The van der Waals surface area contributed by atoms with Gasteiger partial charge in [0.25, 0.3) is 5.56 Å². The van der Waals surface area contributed by atoms with Crippen LogP contribution >= 0.6 is 0 Å². The Bertz CT molecular complexity index is 619. The average Bonchev–Trinajstić information content (AvgIpc) is 2.60. The number of nitrogens with one attached hydrogen (secondary N) is 2. The van der Waals surface area contributed by atoms with Gasteiger partial charge in [-0.25, -0.2) is 9.78 Å². The molecule has 0 radical (unpaired) electrons. The standard InChI is InChI=1S/C11H13N3O3/c1-11(2,3)17-10(16)7-4-6-8(14-7)9(15)13-5-12-6/h4-5,14H,1-3H3,(H,12,13,15). The van der Waals surface area contributed by atoms with Crippen LogP contribution in [-0.2, 0) is 4.74 Å². The van der Waals surface area contributed by atoms with E-state index in [1.165, 1.54) is 12.4 Å². The van der Waals surface area contributed by atoms with E-state index in [9.17, 15) is 9.59 Å². The van der Waals surface area contributed by atoms with Gasteiger partial charge < -0.3 is 14.7 Å². The Hall–Kier alpha value is -2.11. The Morgan fingerprint density at radius 2 is 2.12 bits per heavy atom. The summed E-state index contributed by atoms with van der Waals surface area (Å²) in [6.07, 6.45) is 1.29. The Morgan fingerprint density at radius 1 is 1.41 bits per heavy atom. The lowest BCUT2D eigenvalue weighted by atomic mass is 10.2. The van der Waals surface area contributed by atoms with E-state index in [1.807, 2.05) is 0 Å². The van der Waals surface area contributed by atoms with Gasteiger partial charge in [0.2, 0.25) is 0 Å². The number of aromatic amines is 2. The minimum absolute atomic E-state index is 0.221. The van der Waals surface area contributed by atoms with E-state index in [4.69, 9.17) is 4.74 Å². The van der Waals surface area contributed by atoms with Crippen molar-refractivity contribution in [2.75, 3.05) is 0 Å². The Morgan fingerprint density at radius 3 is 2.71 bits per heavy atom. The molecule has 0 saturated heterocycles. The monoisotopic (exact) mass is 235 g/mol. The fourth-order valence-corrected chi connectivity index (χ4v) is 1.39. The van der Waals surface area contributed by atoms with Crippen molar-refractivity contribution in [3.05, 3.63) is 28.4 Å². The number of esters is 1. The number of rotatable bonds is 1. The first kappa shape index (κ1) is 11.4. The molecular weight excluding hydrogens is 222 g/mol. The molecule has 0 spiro atoms. The van der Waals surface area contributed by atoms with E-state index >= 15 is 0 Å². The van der Waals surface area contributed by atoms with Gasteiger partial charge in [-0.15, -0.1) is 0 Å². The van der Waals surface area contributed by atoms with Crippen LogP contribution in [0.3, 0.4) is 0 Å². The maximum atomic E-state index is 11.7. The molecule has 0 unspecified atom stereocenters. The first-order valence-electron chi connectivity index (χ1n) is 5.16. The smallest absolute Gasteiger partial charge is 0.355 e. The minimum atomic E-state index is -0.575. The molecule has 17 heavy (non-hydrogen) atoms. The van der Waals surface area contributed by atoms with E-state index in [0.29, 0.717) is 5.52 Å². The van der Waals surface area contributed by atoms with Crippen molar-refractivity contribution in [3.8, 4) is 0 Å². The van der Waals surface area contributed by atoms with E-state index in [-0.39, 0.29) is 16.8 Å². The van der Waals surface area contributed by atoms with Crippen LogP contribution in [-0.4, -0.2) is 26.5 Å². The number of hydrogen-bond acceptors (Lipinski definition) is 4. The second-order valence-corrected chi connectivity index (χ2v) is 4.68. The van der Waals surface area contributed by atoms with Crippen molar-refractivity contribution in [2.45, 2.75) is 26.4 Å². The van der Waals surface area contributed by atoms with Crippen molar-refractivity contribution in [1.29, 1.82) is 0 Å². The highest BCUT2D eigenvalue weighted by atomic mass is 16.6. The summed E-state index contributed by atoms with van der Waals surface area (Å²) in [5, 5.41) is 0. The molecule has 0 saturated carbocycles. The first-order valence-corrected chi connectivity index (χ1v) is 5.16. The summed E-state index contributed by atoms with van der Waals surface area (Å²) in [7, 11) is 0. The molecule has 6 nitrogen and oxygen atoms in total. The maximum Gasteiger partial charge on any atom is 0.355 e. The van der Waals surface area contributed by atoms with Crippen molar-refractivity contribution < 1.29 is 9.53 Å². The predicted octanol–water partition coefficient (Wildman–Crippen LogP) is 1.21. The molecular formula is C11H13N3O3. The summed E-state index contributed by atoms with van der Waals surface area (Å²) in [6.45, 7) is 5.33. The van der Waals surface area contributed by atoms with E-state index < -0.39 is 11.6 Å². The largest absolute Gasteiger partial charge is 0.455 e. The highest BCUT2D eigenvalue weighted by Crippen LogP contribution is 2.14. The van der Waals surface area contributed by atoms with Gasteiger partial charge in [0.1, 0.15) is 16.8 Å². The van der Waals surface area contributed by atoms with E-state index in [2.05, 4.69) is 15.0 Å². The van der Waals surface area contributed by atoms with Crippen LogP contribution in [0.4, 0.5) is 0 Å². The molecule has 2 rings (SSSR count). The first-order chi connectivity index (χ1) is 7.87. The summed E-state index contributed by atoms with van der Waals surface area (Å²) in [5.41, 5.74) is 0.0423. The van der Waals surface area contributed by atoms with Gasteiger partial charge in [-0.3, -0.25) is 4.79 Å². The fraction of sp³-hybridized carbons (Fsp3) is 0.364. The van der Waals surface area contributed by atoms with Crippen LogP contribution < -0.4 is 5.56 Å². The minimum Gasteiger partial charge on any atom is -0.455 e. The third-order valence-corrected chi connectivity index (χ3v) is 2.04. The van der Waals surface area contributed by atoms with Crippen molar-refractivity contribution in [2.24, 2.45) is 0 Å². The zero-order valence-electron chi connectivity index (χ0n) is 9.83. The van der Waals surface area contributed by atoms with Crippen LogP contribution in [0.25, 0.3) is 11.0 Å². The van der Waals surface area contributed by atoms with Crippen LogP contribution in [0, 0.1) is 0 Å². The van der Waals surface area contributed by atoms with Gasteiger partial charge in [-0.05, 0) is 26.8 Å². The average molecular weight is 235 g/mol. The zero-order chi connectivity index (χ0) is 12.6. The molecule has 0 amide bonds. The number of ether oxygens (including phenoxy) is 1. The highest BCUT2D eigenvalue weighted by Gasteiger charge is 2.20. The lowest BCUT2D eigenvalue weighted by molar-refractivity contribution is 0.00639. The molecule has 0 aliphatic carbocycles. The van der Waals surface area contributed by atoms with Crippen LogP contribution in [0.15, 0.2) is 17.2 Å². The number of nitrogens with zero attached hydrogens (tertiary/aromatic N) is 1. The SMILES string of the molecule is CC(C)(C)OC(=O)c1cc2nc[nH]c(=O)c2[nH]1. The number of aromatic nitrogens is 3. The Labute approximate surface area is 97.0 Å². The molecule has 0 fully saturated rings. The van der Waals surface area contributed by atoms with Gasteiger partial charge in [-0.2, -0.15) is 0 Å². The van der Waals surface area contributed by atoms with Crippen LogP contribution in [0.2, 0.25) is 0 Å². The molecule has 2 aromatic heterocycles. The molecule has 90 valence electrons. The lowest BCUT2D eigenvalue weighted by Crippen LogP contribution is -2.24. The van der Waals surface area contributed by atoms with Gasteiger partial charge in [-0.1, -0.05) is 0 Å². The molecule has 2 heterocycles. The summed E-state index contributed by atoms with van der Waals surface area (Å²) in [6, 6.07) is 1.50. The molecule has 2 N–H and O–H groups in total. The molecule has 0 aromatic carbocycles. The molecule has 0 aliphatic heterocycles. The van der Waals surface area contributed by atoms with Crippen LogP contribution in [0.5, 0.6) is 0 Å². The number of carbonyl (C=O) groups is 1. The van der Waals surface area contributed by atoms with E-state index in [0.717, 1.165) is 0 Å². The highest BCUT2D eigenvalue weighted by molar-refractivity contribution is 5.93. The lowest BCUT2D eigenvalue weighted by Gasteiger charge is -2.18. The summed E-state index contributed by atoms with van der Waals surface area (Å²) in [4.78, 5) is 32.2. The second-order valence-electron chi connectivity index (χ2n) is 4.68. The predicted molar refractivity (Wildman–Crippen MR) is 61.9 cm³/mol. The molecule has 2 aromatic rings. The van der Waals surface area contributed by atoms with Crippen molar-refractivity contribution in [3.63, 3.8) is 0 Å². The third-order valence-electron chi connectivity index (χ3n) is 2.04. The Balaban J connectivity index is 2.41. The molecule has 0 aliphatic rings. The quantitative estimate of drug-likeness (QED) is 0.727. The van der Waals surface area contributed by atoms with E-state index in [1.54, 1.807) is 20.8 Å². The number of hydrogen-bond donors (Lipinski definition) is 2. The summed E-state index contributed by atoms with van der Waals surface area (Å²) < 4.78 is 5.18. The van der Waals surface area contributed by atoms with Gasteiger partial charge >= 0.3 is 5.97 Å². The van der Waals surface area contributed by atoms with Gasteiger partial charge in [0.15, 0.2) is 0 Å². The zero-order valence-corrected chi connectivity index (χ0v) is 9.83. The van der Waals surface area contributed by atoms with Crippen molar-refractivity contribution in [1.82, 2.24) is 15.0 Å².